The number of aromatic nitrogens is 4. The molecule has 3 atom stereocenters. The van der Waals surface area contributed by atoms with E-state index in [0.29, 0.717) is 30.6 Å². The number of imidazole rings is 1. The van der Waals surface area contributed by atoms with Gasteiger partial charge in [0.2, 0.25) is 5.95 Å². The number of allylic oxidation sites excluding steroid dienone is 2. The number of rotatable bonds is 25. The molecule has 0 saturated carbocycles. The molecule has 0 amide bonds. The Bertz CT molecular complexity index is 1100. The normalized spacial score (nSPS) is 13.7. The first kappa shape index (κ1) is 37.2. The number of esters is 2. The number of fused-ring (bicyclic) bond motifs is 1. The minimum atomic E-state index is -0.654. The molecule has 2 aromatic heterocycles. The molecule has 0 fully saturated rings. The molecular weight excluding hydrogens is 556 g/mol. The first-order chi connectivity index (χ1) is 21.3. The van der Waals surface area contributed by atoms with Crippen molar-refractivity contribution in [2.24, 2.45) is 17.6 Å². The quantitative estimate of drug-likeness (QED) is 0.0691. The fraction of sp³-hybridized carbons (Fsp3) is 0.735. The second kappa shape index (κ2) is 22.5. The van der Waals surface area contributed by atoms with Gasteiger partial charge in [0.1, 0.15) is 11.6 Å². The van der Waals surface area contributed by atoms with Crippen LogP contribution < -0.4 is 11.5 Å². The number of nitrogens with two attached hydrogens (primary N) is 2. The summed E-state index contributed by atoms with van der Waals surface area (Å²) >= 11 is 0. The summed E-state index contributed by atoms with van der Waals surface area (Å²) in [4.78, 5) is 37.5. The summed E-state index contributed by atoms with van der Waals surface area (Å²) in [6.07, 6.45) is 25.5. The van der Waals surface area contributed by atoms with Gasteiger partial charge in [-0.2, -0.15) is 4.98 Å². The van der Waals surface area contributed by atoms with Crippen LogP contribution in [0, 0.1) is 11.8 Å². The number of carbonyl (C=O) groups is 2. The maximum Gasteiger partial charge on any atom is 0.323 e. The monoisotopic (exact) mass is 614 g/mol. The van der Waals surface area contributed by atoms with E-state index in [1.54, 1.807) is 12.5 Å². The van der Waals surface area contributed by atoms with Gasteiger partial charge < -0.3 is 25.5 Å². The van der Waals surface area contributed by atoms with Crippen LogP contribution in [-0.4, -0.2) is 50.7 Å². The zero-order chi connectivity index (χ0) is 32.0. The zero-order valence-electron chi connectivity index (χ0n) is 27.6. The third-order valence-corrected chi connectivity index (χ3v) is 8.25. The van der Waals surface area contributed by atoms with Gasteiger partial charge in [-0.15, -0.1) is 0 Å². The highest BCUT2D eigenvalue weighted by molar-refractivity contribution is 5.75. The van der Waals surface area contributed by atoms with Gasteiger partial charge in [0, 0.05) is 18.9 Å². The highest BCUT2D eigenvalue weighted by atomic mass is 16.5. The molecule has 44 heavy (non-hydrogen) atoms. The van der Waals surface area contributed by atoms with Crippen molar-refractivity contribution in [1.29, 1.82) is 0 Å². The summed E-state index contributed by atoms with van der Waals surface area (Å²) in [6.45, 7) is 7.04. The molecule has 10 heteroatoms. The average Bonchev–Trinajstić information content (AvgIpc) is 3.41. The van der Waals surface area contributed by atoms with Gasteiger partial charge >= 0.3 is 11.9 Å². The molecule has 2 rings (SSSR count). The average molecular weight is 615 g/mol. The predicted octanol–water partition coefficient (Wildman–Crippen LogP) is 6.91. The Morgan fingerprint density at radius 1 is 0.932 bits per heavy atom. The second-order valence-electron chi connectivity index (χ2n) is 12.1. The lowest BCUT2D eigenvalue weighted by molar-refractivity contribution is -0.149. The smallest absolute Gasteiger partial charge is 0.323 e. The number of nitrogens with zero attached hydrogens (tertiary/aromatic N) is 4. The molecule has 0 spiro atoms. The Labute approximate surface area is 264 Å². The Morgan fingerprint density at radius 2 is 1.59 bits per heavy atom. The highest BCUT2D eigenvalue weighted by Gasteiger charge is 2.22. The molecule has 2 aromatic rings. The van der Waals surface area contributed by atoms with Crippen molar-refractivity contribution in [1.82, 2.24) is 19.5 Å². The molecule has 0 radical (unpaired) electrons. The number of hydrogen-bond donors (Lipinski definition) is 2. The van der Waals surface area contributed by atoms with E-state index in [9.17, 15) is 9.59 Å². The second-order valence-corrected chi connectivity index (χ2v) is 12.1. The van der Waals surface area contributed by atoms with E-state index in [-0.39, 0.29) is 37.0 Å². The summed E-state index contributed by atoms with van der Waals surface area (Å²) in [6, 6.07) is -0.654. The molecule has 10 nitrogen and oxygen atoms in total. The number of anilines is 1. The minimum absolute atomic E-state index is 0.0388. The number of unbranched alkanes of at least 4 members (excludes halogenated alkanes) is 11. The summed E-state index contributed by atoms with van der Waals surface area (Å²) in [7, 11) is 0. The standard InChI is InChI=1S/C34H58N6O4/c1-4-6-7-8-9-10-11-12-13-14-15-16-17-18-19-20-30(41)44-25-28(21-22-43-33(42)31(35)27(3)5-2)24-40-26-38-29-23-37-34(36)39-32(29)40/h15-16,23,26-28,31H,4-14,17-22,24-25,35H2,1-3H3,(H2,36,37,39)/t27-,28?,31-/m0/s1. The molecule has 1 unspecified atom stereocenters. The maximum absolute atomic E-state index is 12.5. The van der Waals surface area contributed by atoms with E-state index < -0.39 is 12.0 Å². The van der Waals surface area contributed by atoms with Crippen LogP contribution in [-0.2, 0) is 25.6 Å². The van der Waals surface area contributed by atoms with Crippen molar-refractivity contribution in [3.8, 4) is 0 Å². The van der Waals surface area contributed by atoms with Gasteiger partial charge in [-0.3, -0.25) is 9.59 Å². The van der Waals surface area contributed by atoms with E-state index in [4.69, 9.17) is 20.9 Å². The third-order valence-electron chi connectivity index (χ3n) is 8.25. The van der Waals surface area contributed by atoms with Crippen molar-refractivity contribution in [3.63, 3.8) is 0 Å². The van der Waals surface area contributed by atoms with Crippen LogP contribution in [0.3, 0.4) is 0 Å². The third kappa shape index (κ3) is 15.1. The molecule has 0 aliphatic carbocycles. The topological polar surface area (TPSA) is 148 Å². The van der Waals surface area contributed by atoms with Crippen molar-refractivity contribution < 1.29 is 19.1 Å². The van der Waals surface area contributed by atoms with Crippen LogP contribution in [0.5, 0.6) is 0 Å². The fourth-order valence-electron chi connectivity index (χ4n) is 5.04. The van der Waals surface area contributed by atoms with E-state index >= 15 is 0 Å². The largest absolute Gasteiger partial charge is 0.465 e. The zero-order valence-corrected chi connectivity index (χ0v) is 27.6. The molecule has 0 bridgehead atoms. The van der Waals surface area contributed by atoms with Crippen LogP contribution in [0.25, 0.3) is 11.2 Å². The Kier molecular flexibility index (Phi) is 19.0. The lowest BCUT2D eigenvalue weighted by atomic mass is 10.0. The van der Waals surface area contributed by atoms with Crippen LogP contribution in [0.2, 0.25) is 0 Å². The van der Waals surface area contributed by atoms with E-state index in [1.165, 1.54) is 57.8 Å². The number of ether oxygens (including phenoxy) is 2. The summed E-state index contributed by atoms with van der Waals surface area (Å²) < 4.78 is 13.0. The van der Waals surface area contributed by atoms with Gasteiger partial charge in [-0.25, -0.2) is 9.97 Å². The van der Waals surface area contributed by atoms with Gasteiger partial charge in [0.25, 0.3) is 0 Å². The van der Waals surface area contributed by atoms with Gasteiger partial charge in [0.15, 0.2) is 5.65 Å². The number of hydrogen-bond acceptors (Lipinski definition) is 9. The Morgan fingerprint density at radius 3 is 2.27 bits per heavy atom. The van der Waals surface area contributed by atoms with E-state index in [0.717, 1.165) is 32.1 Å². The highest BCUT2D eigenvalue weighted by Crippen LogP contribution is 2.17. The van der Waals surface area contributed by atoms with Crippen LogP contribution >= 0.6 is 0 Å². The Balaban J connectivity index is 1.70. The molecular formula is C34H58N6O4. The molecule has 4 N–H and O–H groups in total. The van der Waals surface area contributed by atoms with Crippen LogP contribution in [0.15, 0.2) is 24.7 Å². The van der Waals surface area contributed by atoms with E-state index in [2.05, 4.69) is 34.0 Å². The first-order valence-corrected chi connectivity index (χ1v) is 17.0. The molecule has 0 saturated heterocycles. The lowest BCUT2D eigenvalue weighted by Crippen LogP contribution is -2.38. The van der Waals surface area contributed by atoms with Crippen molar-refractivity contribution in [3.05, 3.63) is 24.7 Å². The molecule has 248 valence electrons. The predicted molar refractivity (Wildman–Crippen MR) is 177 cm³/mol. The fourth-order valence-corrected chi connectivity index (χ4v) is 5.04. The SMILES string of the molecule is CCCCCCCCCCCC=CCCCCC(=O)OCC(CCOC(=O)[C@@H](N)[C@@H](C)CC)Cn1cnc2cnc(N)nc21. The van der Waals surface area contributed by atoms with Gasteiger partial charge in [0.05, 0.1) is 25.7 Å². The summed E-state index contributed by atoms with van der Waals surface area (Å²) in [5.74, 6) is -0.549. The number of carbonyl (C=O) groups excluding carboxylic acids is 2. The summed E-state index contributed by atoms with van der Waals surface area (Å²) in [5.41, 5.74) is 13.0. The lowest BCUT2D eigenvalue weighted by Gasteiger charge is -2.20. The first-order valence-electron chi connectivity index (χ1n) is 17.0. The van der Waals surface area contributed by atoms with Crippen LogP contribution in [0.4, 0.5) is 5.95 Å². The number of nitrogen functional groups attached to an aromatic ring is 1. The van der Waals surface area contributed by atoms with Gasteiger partial charge in [-0.1, -0.05) is 90.7 Å². The van der Waals surface area contributed by atoms with Crippen LogP contribution in [0.1, 0.15) is 124 Å². The van der Waals surface area contributed by atoms with E-state index in [1.807, 2.05) is 18.4 Å². The minimum Gasteiger partial charge on any atom is -0.465 e. The molecule has 0 aliphatic heterocycles. The molecule has 0 aromatic carbocycles. The Hall–Kier alpha value is -3.01. The van der Waals surface area contributed by atoms with Crippen molar-refractivity contribution in [2.75, 3.05) is 18.9 Å². The molecule has 0 aliphatic rings. The van der Waals surface area contributed by atoms with Crippen molar-refractivity contribution >= 4 is 29.1 Å². The van der Waals surface area contributed by atoms with Crippen molar-refractivity contribution in [2.45, 2.75) is 136 Å². The summed E-state index contributed by atoms with van der Waals surface area (Å²) in [5, 5.41) is 0. The molecule has 2 heterocycles. The maximum atomic E-state index is 12.5. The van der Waals surface area contributed by atoms with Gasteiger partial charge in [-0.05, 0) is 44.4 Å².